The van der Waals surface area contributed by atoms with Crippen LogP contribution in [0.1, 0.15) is 105 Å². The maximum Gasteiger partial charge on any atom is 1.00 e. The van der Waals surface area contributed by atoms with Crippen LogP contribution in [0.25, 0.3) is 0 Å². The van der Waals surface area contributed by atoms with E-state index in [2.05, 4.69) is 40.7 Å². The Labute approximate surface area is 245 Å². The molecule has 6 unspecified atom stereocenters. The largest absolute Gasteiger partial charge is 1.00 e. The van der Waals surface area contributed by atoms with E-state index >= 15 is 0 Å². The van der Waals surface area contributed by atoms with Crippen molar-refractivity contribution in [2.24, 2.45) is 46.3 Å². The molecule has 4 rings (SSSR count). The molecule has 8 atom stereocenters. The van der Waals surface area contributed by atoms with Crippen molar-refractivity contribution in [3.05, 3.63) is 11.6 Å². The van der Waals surface area contributed by atoms with Crippen LogP contribution in [0.2, 0.25) is 0 Å². The Hall–Kier alpha value is 1.25. The summed E-state index contributed by atoms with van der Waals surface area (Å²) in [5.41, 5.74) is 1.99. The number of fused-ring (bicyclic) bond motifs is 5. The summed E-state index contributed by atoms with van der Waals surface area (Å²) < 4.78 is 38.2. The van der Waals surface area contributed by atoms with Gasteiger partial charge in [-0.3, -0.25) is 4.18 Å². The smallest absolute Gasteiger partial charge is 0.726 e. The summed E-state index contributed by atoms with van der Waals surface area (Å²) in [6.45, 7) is 12.2. The zero-order chi connectivity index (χ0) is 23.3. The second-order valence-electron chi connectivity index (χ2n) is 12.7. The average molecular weight is 505 g/mol. The molecule has 6 heteroatoms. The summed E-state index contributed by atoms with van der Waals surface area (Å²) in [7, 11) is -4.63. The van der Waals surface area contributed by atoms with Crippen LogP contribution in [-0.4, -0.2) is 19.1 Å². The van der Waals surface area contributed by atoms with Crippen molar-refractivity contribution >= 4 is 10.4 Å². The average Bonchev–Trinajstić information content (AvgIpc) is 3.04. The van der Waals surface area contributed by atoms with E-state index in [1.807, 2.05) is 0 Å². The quantitative estimate of drug-likeness (QED) is 0.228. The molecule has 4 nitrogen and oxygen atoms in total. The van der Waals surface area contributed by atoms with Gasteiger partial charge in [0.05, 0.1) is 6.10 Å². The van der Waals surface area contributed by atoms with Crippen LogP contribution >= 0.6 is 0 Å². The molecule has 4 aliphatic rings. The molecular formula is C27H45KO4S. The van der Waals surface area contributed by atoms with E-state index in [-0.39, 0.29) is 56.8 Å². The zero-order valence-electron chi connectivity index (χ0n) is 21.9. The third-order valence-electron chi connectivity index (χ3n) is 10.5. The molecule has 0 aromatic heterocycles. The molecular weight excluding hydrogens is 459 g/mol. The first-order chi connectivity index (χ1) is 14.9. The third kappa shape index (κ3) is 5.89. The molecule has 33 heavy (non-hydrogen) atoms. The van der Waals surface area contributed by atoms with E-state index in [1.54, 1.807) is 0 Å². The van der Waals surface area contributed by atoms with Crippen LogP contribution in [-0.2, 0) is 14.6 Å². The summed E-state index contributed by atoms with van der Waals surface area (Å²) in [6, 6.07) is 0. The molecule has 0 aromatic carbocycles. The molecule has 0 heterocycles. The molecule has 0 bridgehead atoms. The molecule has 0 amide bonds. The molecule has 3 saturated carbocycles. The Morgan fingerprint density at radius 1 is 1.06 bits per heavy atom. The van der Waals surface area contributed by atoms with E-state index in [1.165, 1.54) is 50.5 Å². The monoisotopic (exact) mass is 504 g/mol. The number of hydrogen-bond donors (Lipinski definition) is 0. The van der Waals surface area contributed by atoms with Crippen LogP contribution in [0.3, 0.4) is 0 Å². The van der Waals surface area contributed by atoms with Gasteiger partial charge in [-0.05, 0) is 97.7 Å². The van der Waals surface area contributed by atoms with Gasteiger partial charge in [-0.15, -0.1) is 0 Å². The van der Waals surface area contributed by atoms with Gasteiger partial charge in [-0.2, -0.15) is 0 Å². The van der Waals surface area contributed by atoms with E-state index in [9.17, 15) is 13.0 Å². The summed E-state index contributed by atoms with van der Waals surface area (Å²) in [6.07, 6.45) is 14.8. The Balaban J connectivity index is 0.00000306. The number of hydrogen-bond acceptors (Lipinski definition) is 4. The van der Waals surface area contributed by atoms with Crippen LogP contribution in [0, 0.1) is 46.3 Å². The maximum absolute atomic E-state index is 11.1. The van der Waals surface area contributed by atoms with Gasteiger partial charge in [0.15, 0.2) is 0 Å². The number of rotatable bonds is 7. The van der Waals surface area contributed by atoms with E-state index in [4.69, 9.17) is 4.18 Å². The van der Waals surface area contributed by atoms with Crippen LogP contribution < -0.4 is 51.4 Å². The van der Waals surface area contributed by atoms with Crippen molar-refractivity contribution in [2.45, 2.75) is 111 Å². The van der Waals surface area contributed by atoms with Gasteiger partial charge in [0.1, 0.15) is 0 Å². The third-order valence-corrected chi connectivity index (χ3v) is 11.0. The Morgan fingerprint density at radius 3 is 2.45 bits per heavy atom. The first-order valence-electron chi connectivity index (χ1n) is 13.3. The van der Waals surface area contributed by atoms with Crippen molar-refractivity contribution in [1.82, 2.24) is 0 Å². The molecule has 184 valence electrons. The maximum atomic E-state index is 11.1. The topological polar surface area (TPSA) is 66.4 Å². The fourth-order valence-corrected chi connectivity index (χ4v) is 9.40. The summed E-state index contributed by atoms with van der Waals surface area (Å²) >= 11 is 0. The van der Waals surface area contributed by atoms with Crippen molar-refractivity contribution in [3.63, 3.8) is 0 Å². The predicted octanol–water partition coefficient (Wildman–Crippen LogP) is 3.88. The van der Waals surface area contributed by atoms with E-state index in [0.29, 0.717) is 24.2 Å². The van der Waals surface area contributed by atoms with Crippen molar-refractivity contribution < 1.29 is 68.5 Å². The second-order valence-corrected chi connectivity index (χ2v) is 13.7. The molecule has 0 spiro atoms. The van der Waals surface area contributed by atoms with E-state index < -0.39 is 16.5 Å². The first-order valence-corrected chi connectivity index (χ1v) is 14.6. The Bertz CT molecular complexity index is 824. The standard InChI is InChI=1S/C27H46O4S.K/c1-18(2)7-6-8-19(3)23-11-12-24-22-10-9-20-17-21(31-32(28,29)30)13-15-26(20,4)25(22)14-16-27(23,24)5;/h9,18-19,21-25H,6-8,10-17H2,1-5H3,(H,28,29,30);/q;+1/p-1/t19?,21?,22?,23?,24?,25?,26-,27+;/m0./s1. The second kappa shape index (κ2) is 10.9. The molecule has 3 fully saturated rings. The molecule has 4 aliphatic carbocycles. The zero-order valence-corrected chi connectivity index (χ0v) is 25.9. The fraction of sp³-hybridized carbons (Fsp3) is 0.926. The first kappa shape index (κ1) is 28.8. The normalized spacial score (nSPS) is 41.4. The molecule has 0 saturated heterocycles. The van der Waals surface area contributed by atoms with Gasteiger partial charge in [-0.1, -0.05) is 65.5 Å². The number of allylic oxidation sites excluding steroid dienone is 1. The van der Waals surface area contributed by atoms with Crippen molar-refractivity contribution in [1.29, 1.82) is 0 Å². The molecule has 0 radical (unpaired) electrons. The summed E-state index contributed by atoms with van der Waals surface area (Å²) in [5.74, 6) is 4.78. The van der Waals surface area contributed by atoms with E-state index in [0.717, 1.165) is 42.4 Å². The van der Waals surface area contributed by atoms with Gasteiger partial charge < -0.3 is 4.55 Å². The van der Waals surface area contributed by atoms with Gasteiger partial charge in [0.2, 0.25) is 10.4 Å². The van der Waals surface area contributed by atoms with Gasteiger partial charge >= 0.3 is 51.4 Å². The summed E-state index contributed by atoms with van der Waals surface area (Å²) in [5, 5.41) is 0. The Kier molecular flexibility index (Phi) is 9.54. The van der Waals surface area contributed by atoms with Crippen LogP contribution in [0.4, 0.5) is 0 Å². The Morgan fingerprint density at radius 2 is 1.79 bits per heavy atom. The summed E-state index contributed by atoms with van der Waals surface area (Å²) in [4.78, 5) is 0. The van der Waals surface area contributed by atoms with Gasteiger partial charge in [0, 0.05) is 0 Å². The van der Waals surface area contributed by atoms with Gasteiger partial charge in [-0.25, -0.2) is 8.42 Å². The minimum atomic E-state index is -4.63. The van der Waals surface area contributed by atoms with Crippen LogP contribution in [0.5, 0.6) is 0 Å². The van der Waals surface area contributed by atoms with Crippen molar-refractivity contribution in [3.8, 4) is 0 Å². The molecule has 0 N–H and O–H groups in total. The SMILES string of the molecule is CC(C)CCCC(C)C1CCC2C3CC=C4CC(OS(=O)(=O)[O-])CC[C@]4(C)C3CC[C@]12C.[K+]. The van der Waals surface area contributed by atoms with Crippen LogP contribution in [0.15, 0.2) is 11.6 Å². The fourth-order valence-electron chi connectivity index (χ4n) is 8.90. The minimum Gasteiger partial charge on any atom is -0.726 e. The van der Waals surface area contributed by atoms with Gasteiger partial charge in [0.25, 0.3) is 0 Å². The predicted molar refractivity (Wildman–Crippen MR) is 128 cm³/mol. The van der Waals surface area contributed by atoms with Crippen molar-refractivity contribution in [2.75, 3.05) is 0 Å². The molecule has 0 aliphatic heterocycles. The molecule has 0 aromatic rings. The minimum absolute atomic E-state index is 0.